The van der Waals surface area contributed by atoms with Gasteiger partial charge in [-0.15, -0.1) is 0 Å². The molecule has 136 valence electrons. The Labute approximate surface area is 152 Å². The molecule has 0 saturated heterocycles. The molecule has 0 atom stereocenters. The summed E-state index contributed by atoms with van der Waals surface area (Å²) >= 11 is 0. The Kier molecular flexibility index (Phi) is 5.29. The Morgan fingerprint density at radius 1 is 1.19 bits per heavy atom. The Balaban J connectivity index is 1.92. The van der Waals surface area contributed by atoms with Crippen molar-refractivity contribution < 1.29 is 13.9 Å². The highest BCUT2D eigenvalue weighted by molar-refractivity contribution is 6.76. The molecule has 3 aromatic rings. The number of benzene rings is 1. The monoisotopic (exact) mass is 371 g/mol. The van der Waals surface area contributed by atoms with Crippen molar-refractivity contribution in [3.8, 4) is 0 Å². The van der Waals surface area contributed by atoms with Gasteiger partial charge in [0.2, 0.25) is 11.7 Å². The molecule has 0 spiro atoms. The molecule has 0 fully saturated rings. The molecule has 0 saturated carbocycles. The maximum absolute atomic E-state index is 14.0. The topological polar surface area (TPSA) is 57.0 Å². The van der Waals surface area contributed by atoms with Crippen LogP contribution in [0.5, 0.6) is 0 Å². The average Bonchev–Trinajstić information content (AvgIpc) is 2.96. The minimum atomic E-state index is -1.20. The molecule has 0 aliphatic rings. The molecule has 0 aliphatic heterocycles. The first kappa shape index (κ1) is 18.4. The van der Waals surface area contributed by atoms with Gasteiger partial charge >= 0.3 is 0 Å². The molecule has 2 aromatic heterocycles. The number of aromatic nitrogens is 3. The van der Waals surface area contributed by atoms with Gasteiger partial charge in [-0.1, -0.05) is 37.8 Å². The number of hydrogen-bond acceptors (Lipinski definition) is 4. The average molecular weight is 371 g/mol. The van der Waals surface area contributed by atoms with Crippen LogP contribution < -0.4 is 0 Å². The number of ketones is 1. The zero-order chi connectivity index (χ0) is 18.7. The minimum Gasteiger partial charge on any atom is -0.360 e. The molecule has 0 unspecified atom stereocenters. The van der Waals surface area contributed by atoms with E-state index in [0.29, 0.717) is 23.2 Å². The van der Waals surface area contributed by atoms with Crippen molar-refractivity contribution in [2.75, 3.05) is 6.61 Å². The van der Waals surface area contributed by atoms with E-state index in [1.807, 2.05) is 24.3 Å². The predicted molar refractivity (Wildman–Crippen MR) is 101 cm³/mol. The van der Waals surface area contributed by atoms with Gasteiger partial charge in [-0.25, -0.2) is 9.67 Å². The van der Waals surface area contributed by atoms with Crippen LogP contribution in [0.4, 0.5) is 4.39 Å². The summed E-state index contributed by atoms with van der Waals surface area (Å²) in [6.45, 7) is 7.60. The van der Waals surface area contributed by atoms with Crippen molar-refractivity contribution in [1.82, 2.24) is 14.8 Å². The molecule has 7 heteroatoms. The van der Waals surface area contributed by atoms with E-state index in [4.69, 9.17) is 4.74 Å². The molecule has 0 radical (unpaired) electrons. The highest BCUT2D eigenvalue weighted by atomic mass is 28.3. The second-order valence-corrected chi connectivity index (χ2v) is 13.0. The van der Waals surface area contributed by atoms with E-state index in [2.05, 4.69) is 29.7 Å². The van der Waals surface area contributed by atoms with E-state index < -0.39 is 19.8 Å². The van der Waals surface area contributed by atoms with E-state index >= 15 is 0 Å². The number of halogens is 1. The van der Waals surface area contributed by atoms with Crippen LogP contribution in [0.1, 0.15) is 16.1 Å². The fourth-order valence-corrected chi connectivity index (χ4v) is 3.38. The van der Waals surface area contributed by atoms with Gasteiger partial charge in [0.05, 0.1) is 11.1 Å². The Hall–Kier alpha value is -2.38. The number of carbonyl (C=O) groups excluding carboxylic acids is 1. The minimum absolute atomic E-state index is 0.0681. The lowest BCUT2D eigenvalue weighted by atomic mass is 10.1. The molecule has 0 aliphatic carbocycles. The van der Waals surface area contributed by atoms with Crippen molar-refractivity contribution in [2.45, 2.75) is 32.4 Å². The van der Waals surface area contributed by atoms with Crippen LogP contribution in [0.15, 0.2) is 42.6 Å². The zero-order valence-electron chi connectivity index (χ0n) is 15.2. The van der Waals surface area contributed by atoms with Crippen LogP contribution in [-0.2, 0) is 11.5 Å². The van der Waals surface area contributed by atoms with Gasteiger partial charge < -0.3 is 4.74 Å². The first-order valence-corrected chi connectivity index (χ1v) is 12.3. The molecule has 26 heavy (non-hydrogen) atoms. The lowest BCUT2D eigenvalue weighted by molar-refractivity contribution is 0.0744. The number of nitrogens with zero attached hydrogens (tertiary/aromatic N) is 3. The van der Waals surface area contributed by atoms with Crippen LogP contribution in [0.3, 0.4) is 0 Å². The Bertz CT molecular complexity index is 934. The lowest BCUT2D eigenvalue weighted by Gasteiger charge is -2.15. The van der Waals surface area contributed by atoms with Gasteiger partial charge in [0.1, 0.15) is 12.4 Å². The highest BCUT2D eigenvalue weighted by Crippen LogP contribution is 2.22. The quantitative estimate of drug-likeness (QED) is 0.271. The third-order valence-corrected chi connectivity index (χ3v) is 5.78. The molecule has 0 amide bonds. The Morgan fingerprint density at radius 3 is 2.69 bits per heavy atom. The summed E-state index contributed by atoms with van der Waals surface area (Å²) in [5, 5.41) is 5.14. The number of fused-ring (bicyclic) bond motifs is 1. The fraction of sp³-hybridized carbons (Fsp3) is 0.316. The zero-order valence-corrected chi connectivity index (χ0v) is 16.2. The number of pyridine rings is 1. The van der Waals surface area contributed by atoms with Gasteiger partial charge in [0, 0.05) is 26.3 Å². The van der Waals surface area contributed by atoms with Crippen LogP contribution in [-0.4, -0.2) is 35.2 Å². The summed E-state index contributed by atoms with van der Waals surface area (Å²) in [5.41, 5.74) is 0.927. The number of hydrogen-bond donors (Lipinski definition) is 0. The molecule has 5 nitrogen and oxygen atoms in total. The van der Waals surface area contributed by atoms with Crippen LogP contribution in [0, 0.1) is 5.95 Å². The predicted octanol–water partition coefficient (Wildman–Crippen LogP) is 4.11. The van der Waals surface area contributed by atoms with Crippen LogP contribution in [0.2, 0.25) is 25.7 Å². The number of ether oxygens (including phenoxy) is 1. The largest absolute Gasteiger partial charge is 0.360 e. The lowest BCUT2D eigenvalue weighted by Crippen LogP contribution is -2.22. The van der Waals surface area contributed by atoms with Gasteiger partial charge in [-0.05, 0) is 24.2 Å². The van der Waals surface area contributed by atoms with Crippen LogP contribution in [0.25, 0.3) is 10.9 Å². The van der Waals surface area contributed by atoms with Gasteiger partial charge in [-0.3, -0.25) is 4.79 Å². The summed E-state index contributed by atoms with van der Waals surface area (Å²) < 4.78 is 21.3. The molecule has 2 heterocycles. The Morgan fingerprint density at radius 2 is 1.96 bits per heavy atom. The fourth-order valence-electron chi connectivity index (χ4n) is 2.63. The second-order valence-electron chi connectivity index (χ2n) is 7.38. The van der Waals surface area contributed by atoms with Gasteiger partial charge in [0.25, 0.3) is 0 Å². The molecular formula is C19H22FN3O2Si. The summed E-state index contributed by atoms with van der Waals surface area (Å²) in [6.07, 6.45) is 1.32. The smallest absolute Gasteiger partial charge is 0.224 e. The summed E-state index contributed by atoms with van der Waals surface area (Å²) in [6, 6.07) is 11.3. The highest BCUT2D eigenvalue weighted by Gasteiger charge is 2.23. The maximum atomic E-state index is 14.0. The number of carbonyl (C=O) groups is 1. The van der Waals surface area contributed by atoms with Crippen LogP contribution >= 0.6 is 0 Å². The van der Waals surface area contributed by atoms with Crippen molar-refractivity contribution in [3.63, 3.8) is 0 Å². The SMILES string of the molecule is C[Si](C)(C)CCOCn1nc2ccccc2c1C(=O)c1cccnc1F. The van der Waals surface area contributed by atoms with E-state index in [0.717, 1.165) is 6.04 Å². The molecular weight excluding hydrogens is 349 g/mol. The maximum Gasteiger partial charge on any atom is 0.224 e. The van der Waals surface area contributed by atoms with Crippen molar-refractivity contribution in [1.29, 1.82) is 0 Å². The first-order valence-electron chi connectivity index (χ1n) is 8.55. The third-order valence-electron chi connectivity index (χ3n) is 4.07. The summed E-state index contributed by atoms with van der Waals surface area (Å²) in [5.74, 6) is -1.23. The second kappa shape index (κ2) is 7.47. The number of rotatable bonds is 7. The summed E-state index contributed by atoms with van der Waals surface area (Å²) in [7, 11) is -1.20. The van der Waals surface area contributed by atoms with E-state index in [9.17, 15) is 9.18 Å². The first-order chi connectivity index (χ1) is 12.4. The summed E-state index contributed by atoms with van der Waals surface area (Å²) in [4.78, 5) is 16.5. The van der Waals surface area contributed by atoms with Crippen molar-refractivity contribution >= 4 is 24.8 Å². The third kappa shape index (κ3) is 4.05. The normalized spacial score (nSPS) is 11.8. The van der Waals surface area contributed by atoms with Crippen molar-refractivity contribution in [3.05, 3.63) is 59.8 Å². The van der Waals surface area contributed by atoms with Crippen molar-refractivity contribution in [2.24, 2.45) is 0 Å². The molecule has 3 rings (SSSR count). The van der Waals surface area contributed by atoms with Gasteiger partial charge in [-0.2, -0.15) is 9.49 Å². The molecule has 0 N–H and O–H groups in total. The van der Waals surface area contributed by atoms with E-state index in [1.165, 1.54) is 16.9 Å². The molecule has 1 aromatic carbocycles. The standard InChI is InChI=1S/C19H22FN3O2Si/c1-26(2,3)12-11-25-13-23-17(14-7-4-5-9-16(14)22-23)18(24)15-8-6-10-21-19(15)20/h4-10H,11-13H2,1-3H3. The van der Waals surface area contributed by atoms with E-state index in [1.54, 1.807) is 6.07 Å². The molecule has 0 bridgehead atoms. The van der Waals surface area contributed by atoms with E-state index in [-0.39, 0.29) is 12.3 Å². The van der Waals surface area contributed by atoms with Gasteiger partial charge in [0.15, 0.2) is 0 Å².